The molecule has 1 amide bonds. The summed E-state index contributed by atoms with van der Waals surface area (Å²) in [4.78, 5) is 25.5. The minimum atomic E-state index is -0.309. The molecule has 3 aromatic rings. The van der Waals surface area contributed by atoms with Crippen molar-refractivity contribution in [1.29, 1.82) is 0 Å². The van der Waals surface area contributed by atoms with Crippen molar-refractivity contribution in [2.24, 2.45) is 0 Å². The molecule has 0 fully saturated rings. The molecule has 0 aliphatic carbocycles. The molecule has 0 radical (unpaired) electrons. The number of aryl methyl sites for hydroxylation is 3. The number of unbranched alkanes of at least 4 members (excludes halogenated alkanes) is 1. The summed E-state index contributed by atoms with van der Waals surface area (Å²) in [5.74, 6) is -0.309. The molecule has 0 atom stereocenters. The Balaban J connectivity index is 2.06. The van der Waals surface area contributed by atoms with E-state index in [0.717, 1.165) is 29.7 Å². The summed E-state index contributed by atoms with van der Waals surface area (Å²) in [5.41, 5.74) is 2.99. The first-order valence-electron chi connectivity index (χ1n) is 8.89. The number of fused-ring (bicyclic) bond motifs is 1. The van der Waals surface area contributed by atoms with Crippen LogP contribution in [-0.2, 0) is 6.54 Å². The third-order valence-electron chi connectivity index (χ3n) is 4.29. The zero-order chi connectivity index (χ0) is 18.7. The van der Waals surface area contributed by atoms with Gasteiger partial charge in [-0.3, -0.25) is 9.59 Å². The van der Waals surface area contributed by atoms with Crippen LogP contribution in [0, 0.1) is 13.8 Å². The quantitative estimate of drug-likeness (QED) is 0.755. The number of nitrogens with zero attached hydrogens (tertiary/aromatic N) is 2. The van der Waals surface area contributed by atoms with Crippen LogP contribution in [0.3, 0.4) is 0 Å². The molecule has 0 saturated carbocycles. The summed E-state index contributed by atoms with van der Waals surface area (Å²) in [5, 5.41) is 8.38. The van der Waals surface area contributed by atoms with Crippen LogP contribution in [0.2, 0.25) is 0 Å². The van der Waals surface area contributed by atoms with Gasteiger partial charge in [0.05, 0.1) is 5.39 Å². The Morgan fingerprint density at radius 1 is 1.08 bits per heavy atom. The number of rotatable bonds is 5. The topological polar surface area (TPSA) is 64.0 Å². The summed E-state index contributed by atoms with van der Waals surface area (Å²) in [6, 6.07) is 13.0. The van der Waals surface area contributed by atoms with E-state index in [9.17, 15) is 9.59 Å². The molecular weight excluding hydrogens is 326 g/mol. The molecule has 0 bridgehead atoms. The highest BCUT2D eigenvalue weighted by atomic mass is 16.2. The van der Waals surface area contributed by atoms with Crippen LogP contribution < -0.4 is 10.9 Å². The normalized spacial score (nSPS) is 10.9. The van der Waals surface area contributed by atoms with Gasteiger partial charge in [-0.1, -0.05) is 37.6 Å². The minimum Gasteiger partial charge on any atom is -0.321 e. The van der Waals surface area contributed by atoms with Gasteiger partial charge >= 0.3 is 0 Å². The largest absolute Gasteiger partial charge is 0.321 e. The first kappa shape index (κ1) is 17.9. The van der Waals surface area contributed by atoms with Crippen molar-refractivity contribution in [2.75, 3.05) is 5.32 Å². The number of carbonyl (C=O) groups is 1. The summed E-state index contributed by atoms with van der Waals surface area (Å²) in [6.07, 6.45) is 1.79. The van der Waals surface area contributed by atoms with Crippen molar-refractivity contribution in [1.82, 2.24) is 9.78 Å². The fraction of sp³-hybridized carbons (Fsp3) is 0.286. The molecule has 1 aromatic heterocycles. The monoisotopic (exact) mass is 349 g/mol. The Labute approximate surface area is 152 Å². The molecule has 2 aromatic carbocycles. The lowest BCUT2D eigenvalue weighted by Gasteiger charge is -2.12. The molecule has 5 heteroatoms. The Bertz CT molecular complexity index is 1000. The van der Waals surface area contributed by atoms with E-state index < -0.39 is 0 Å². The number of aromatic nitrogens is 2. The fourth-order valence-corrected chi connectivity index (χ4v) is 3.10. The number of carbonyl (C=O) groups excluding carboxylic acids is 1. The van der Waals surface area contributed by atoms with E-state index in [2.05, 4.69) is 17.3 Å². The molecule has 0 spiro atoms. The first-order valence-corrected chi connectivity index (χ1v) is 8.89. The lowest BCUT2D eigenvalue weighted by Crippen LogP contribution is -2.27. The predicted molar refractivity (Wildman–Crippen MR) is 105 cm³/mol. The second kappa shape index (κ2) is 7.52. The number of hydrogen-bond acceptors (Lipinski definition) is 3. The highest BCUT2D eigenvalue weighted by Crippen LogP contribution is 2.18. The van der Waals surface area contributed by atoms with Crippen LogP contribution in [0.1, 0.15) is 41.4 Å². The molecular formula is C21H23N3O2. The zero-order valence-electron chi connectivity index (χ0n) is 15.4. The molecule has 5 nitrogen and oxygen atoms in total. The highest BCUT2D eigenvalue weighted by Gasteiger charge is 2.17. The van der Waals surface area contributed by atoms with Crippen molar-refractivity contribution < 1.29 is 4.79 Å². The number of benzene rings is 2. The van der Waals surface area contributed by atoms with Crippen molar-refractivity contribution >= 4 is 22.4 Å². The standard InChI is InChI=1S/C21H23N3O2/c1-4-5-10-24-21(26)18-9-7-6-8-17(18)19(23-24)20(25)22-16-12-14(2)11-15(3)13-16/h6-9,11-13H,4-5,10H2,1-3H3,(H,22,25). The summed E-state index contributed by atoms with van der Waals surface area (Å²) >= 11 is 0. The van der Waals surface area contributed by atoms with Crippen LogP contribution in [0.15, 0.2) is 47.3 Å². The van der Waals surface area contributed by atoms with Gasteiger partial charge in [0, 0.05) is 17.6 Å². The van der Waals surface area contributed by atoms with Crippen LogP contribution in [0.25, 0.3) is 10.8 Å². The maximum absolute atomic E-state index is 12.9. The number of nitrogens with one attached hydrogen (secondary N) is 1. The van der Waals surface area contributed by atoms with E-state index in [1.807, 2.05) is 38.1 Å². The molecule has 0 saturated heterocycles. The second-order valence-electron chi connectivity index (χ2n) is 6.61. The lowest BCUT2D eigenvalue weighted by molar-refractivity contribution is 0.102. The molecule has 0 unspecified atom stereocenters. The van der Waals surface area contributed by atoms with Gasteiger partial charge in [-0.05, 0) is 49.6 Å². The average molecular weight is 349 g/mol. The predicted octanol–water partition coefficient (Wildman–Crippen LogP) is 4.07. The Morgan fingerprint density at radius 2 is 1.73 bits per heavy atom. The van der Waals surface area contributed by atoms with Gasteiger partial charge in [0.25, 0.3) is 11.5 Å². The van der Waals surface area contributed by atoms with Gasteiger partial charge in [-0.15, -0.1) is 0 Å². The first-order chi connectivity index (χ1) is 12.5. The Kier molecular flexibility index (Phi) is 5.16. The Hall–Kier alpha value is -2.95. The number of amides is 1. The van der Waals surface area contributed by atoms with Crippen molar-refractivity contribution in [3.05, 3.63) is 69.6 Å². The van der Waals surface area contributed by atoms with Crippen LogP contribution in [0.4, 0.5) is 5.69 Å². The number of anilines is 1. The van der Waals surface area contributed by atoms with E-state index in [0.29, 0.717) is 17.3 Å². The highest BCUT2D eigenvalue weighted by molar-refractivity contribution is 6.11. The second-order valence-corrected chi connectivity index (χ2v) is 6.61. The van der Waals surface area contributed by atoms with Gasteiger partial charge < -0.3 is 5.32 Å². The van der Waals surface area contributed by atoms with Crippen molar-refractivity contribution in [3.8, 4) is 0 Å². The smallest absolute Gasteiger partial charge is 0.276 e. The molecule has 0 aliphatic heterocycles. The molecule has 3 rings (SSSR count). The Morgan fingerprint density at radius 3 is 2.38 bits per heavy atom. The number of hydrogen-bond donors (Lipinski definition) is 1. The SMILES string of the molecule is CCCCn1nc(C(=O)Nc2cc(C)cc(C)c2)c2ccccc2c1=O. The maximum Gasteiger partial charge on any atom is 0.276 e. The van der Waals surface area contributed by atoms with Crippen LogP contribution >= 0.6 is 0 Å². The van der Waals surface area contributed by atoms with Crippen LogP contribution in [-0.4, -0.2) is 15.7 Å². The lowest BCUT2D eigenvalue weighted by atomic mass is 10.1. The molecule has 1 N–H and O–H groups in total. The van der Waals surface area contributed by atoms with Gasteiger partial charge in [0.2, 0.25) is 0 Å². The van der Waals surface area contributed by atoms with Crippen molar-refractivity contribution in [2.45, 2.75) is 40.2 Å². The van der Waals surface area contributed by atoms with E-state index >= 15 is 0 Å². The molecule has 134 valence electrons. The van der Waals surface area contributed by atoms with E-state index in [-0.39, 0.29) is 17.2 Å². The third kappa shape index (κ3) is 3.67. The molecule has 26 heavy (non-hydrogen) atoms. The van der Waals surface area contributed by atoms with Crippen molar-refractivity contribution in [3.63, 3.8) is 0 Å². The van der Waals surface area contributed by atoms with E-state index in [4.69, 9.17) is 0 Å². The third-order valence-corrected chi connectivity index (χ3v) is 4.29. The maximum atomic E-state index is 12.9. The average Bonchev–Trinajstić information content (AvgIpc) is 2.60. The zero-order valence-corrected chi connectivity index (χ0v) is 15.4. The van der Waals surface area contributed by atoms with Gasteiger partial charge in [-0.25, -0.2) is 4.68 Å². The minimum absolute atomic E-state index is 0.156. The summed E-state index contributed by atoms with van der Waals surface area (Å²) in [6.45, 7) is 6.53. The molecule has 0 aliphatic rings. The van der Waals surface area contributed by atoms with E-state index in [1.54, 1.807) is 18.2 Å². The van der Waals surface area contributed by atoms with Gasteiger partial charge in [0.1, 0.15) is 0 Å². The summed E-state index contributed by atoms with van der Waals surface area (Å²) < 4.78 is 1.40. The summed E-state index contributed by atoms with van der Waals surface area (Å²) in [7, 11) is 0. The van der Waals surface area contributed by atoms with Crippen LogP contribution in [0.5, 0.6) is 0 Å². The van der Waals surface area contributed by atoms with Gasteiger partial charge in [-0.2, -0.15) is 5.10 Å². The molecule has 1 heterocycles. The van der Waals surface area contributed by atoms with E-state index in [1.165, 1.54) is 4.68 Å². The van der Waals surface area contributed by atoms with Gasteiger partial charge in [0.15, 0.2) is 5.69 Å². The fourth-order valence-electron chi connectivity index (χ4n) is 3.10.